The van der Waals surface area contributed by atoms with Crippen LogP contribution in [0.4, 0.5) is 0 Å². The minimum atomic E-state index is -0.0533. The van der Waals surface area contributed by atoms with Gasteiger partial charge < -0.3 is 14.2 Å². The van der Waals surface area contributed by atoms with E-state index in [4.69, 9.17) is 14.2 Å². The normalized spacial score (nSPS) is 13.4. The van der Waals surface area contributed by atoms with Crippen LogP contribution in [0, 0.1) is 3.57 Å². The Morgan fingerprint density at radius 1 is 1.33 bits per heavy atom. The highest BCUT2D eigenvalue weighted by atomic mass is 127. The van der Waals surface area contributed by atoms with Crippen LogP contribution in [0.5, 0.6) is 17.2 Å². The fourth-order valence-electron chi connectivity index (χ4n) is 1.51. The average molecular weight is 320 g/mol. The van der Waals surface area contributed by atoms with Gasteiger partial charge in [0.1, 0.15) is 17.1 Å². The summed E-state index contributed by atoms with van der Waals surface area (Å²) in [7, 11) is 3.09. The lowest BCUT2D eigenvalue weighted by Crippen LogP contribution is -2.01. The third-order valence-electron chi connectivity index (χ3n) is 2.22. The van der Waals surface area contributed by atoms with Gasteiger partial charge in [-0.3, -0.25) is 4.79 Å². The van der Waals surface area contributed by atoms with Crippen molar-refractivity contribution in [3.05, 3.63) is 15.2 Å². The number of Topliss-reactive ketones (excluding diaryl/α,β-unsaturated/α-hetero) is 1. The topological polar surface area (TPSA) is 44.8 Å². The molecule has 0 saturated carbocycles. The molecule has 80 valence electrons. The first-order chi connectivity index (χ1) is 7.19. The number of benzene rings is 1. The average Bonchev–Trinajstić information content (AvgIpc) is 2.63. The van der Waals surface area contributed by atoms with Gasteiger partial charge in [0, 0.05) is 6.07 Å². The van der Waals surface area contributed by atoms with Crippen LogP contribution in [-0.4, -0.2) is 26.6 Å². The summed E-state index contributed by atoms with van der Waals surface area (Å²) in [5.41, 5.74) is 0.516. The second-order valence-corrected chi connectivity index (χ2v) is 4.09. The Morgan fingerprint density at radius 2 is 2.00 bits per heavy atom. The minimum absolute atomic E-state index is 0.0533. The van der Waals surface area contributed by atoms with Gasteiger partial charge in [-0.2, -0.15) is 0 Å². The molecule has 1 aromatic carbocycles. The maximum Gasteiger partial charge on any atom is 0.207 e. The number of hydrogen-bond acceptors (Lipinski definition) is 4. The van der Waals surface area contributed by atoms with E-state index in [2.05, 4.69) is 22.6 Å². The molecule has 1 aromatic rings. The van der Waals surface area contributed by atoms with Gasteiger partial charge in [-0.1, -0.05) is 0 Å². The van der Waals surface area contributed by atoms with E-state index in [0.717, 1.165) is 3.57 Å². The lowest BCUT2D eigenvalue weighted by molar-refractivity contribution is 0.0959. The van der Waals surface area contributed by atoms with Gasteiger partial charge in [0.2, 0.25) is 5.78 Å². The van der Waals surface area contributed by atoms with E-state index in [1.807, 2.05) is 0 Å². The molecule has 5 heteroatoms. The molecule has 0 aliphatic carbocycles. The molecule has 0 atom stereocenters. The highest BCUT2D eigenvalue weighted by Gasteiger charge is 2.30. The minimum Gasteiger partial charge on any atom is -0.496 e. The Labute approximate surface area is 101 Å². The number of hydrogen-bond donors (Lipinski definition) is 0. The molecular weight excluding hydrogens is 311 g/mol. The van der Waals surface area contributed by atoms with Crippen LogP contribution in [0.1, 0.15) is 10.4 Å². The predicted octanol–water partition coefficient (Wildman–Crippen LogP) is 1.88. The maximum absolute atomic E-state index is 11.5. The molecule has 1 aliphatic heterocycles. The zero-order valence-electron chi connectivity index (χ0n) is 8.30. The largest absolute Gasteiger partial charge is 0.496 e. The highest BCUT2D eigenvalue weighted by Crippen LogP contribution is 2.42. The molecule has 0 N–H and O–H groups in total. The van der Waals surface area contributed by atoms with Crippen LogP contribution >= 0.6 is 22.6 Å². The zero-order valence-corrected chi connectivity index (χ0v) is 10.5. The van der Waals surface area contributed by atoms with Crippen LogP contribution in [0.3, 0.4) is 0 Å². The molecule has 0 amide bonds. The van der Waals surface area contributed by atoms with Crippen molar-refractivity contribution in [3.8, 4) is 17.2 Å². The first-order valence-electron chi connectivity index (χ1n) is 4.29. The van der Waals surface area contributed by atoms with E-state index < -0.39 is 0 Å². The molecule has 1 aliphatic rings. The second kappa shape index (κ2) is 3.88. The predicted molar refractivity (Wildman–Crippen MR) is 62.1 cm³/mol. The molecule has 0 spiro atoms. The fraction of sp³-hybridized carbons (Fsp3) is 0.300. The van der Waals surface area contributed by atoms with Gasteiger partial charge in [0.25, 0.3) is 0 Å². The van der Waals surface area contributed by atoms with Crippen molar-refractivity contribution in [1.82, 2.24) is 0 Å². The van der Waals surface area contributed by atoms with Crippen molar-refractivity contribution in [3.63, 3.8) is 0 Å². The summed E-state index contributed by atoms with van der Waals surface area (Å²) in [5.74, 6) is 1.67. The molecule has 1 heterocycles. The number of carbonyl (C=O) groups is 1. The lowest BCUT2D eigenvalue weighted by Gasteiger charge is -2.10. The molecule has 0 bridgehead atoms. The van der Waals surface area contributed by atoms with Crippen molar-refractivity contribution in [2.45, 2.75) is 0 Å². The fourth-order valence-corrected chi connectivity index (χ4v) is 2.31. The summed E-state index contributed by atoms with van der Waals surface area (Å²) in [5, 5.41) is 0. The quantitative estimate of drug-likeness (QED) is 0.781. The molecule has 0 saturated heterocycles. The summed E-state index contributed by atoms with van der Waals surface area (Å²) >= 11 is 2.09. The third-order valence-corrected chi connectivity index (χ3v) is 3.24. The van der Waals surface area contributed by atoms with E-state index in [0.29, 0.717) is 22.8 Å². The standard InChI is InChI=1S/C10H9IO4/c1-13-6-3-7(14-2)9(11)10-8(6)5(12)4-15-10/h3H,4H2,1-2H3. The number of carbonyl (C=O) groups excluding carboxylic acids is 1. The molecule has 0 aromatic heterocycles. The van der Waals surface area contributed by atoms with Gasteiger partial charge in [-0.25, -0.2) is 0 Å². The summed E-state index contributed by atoms with van der Waals surface area (Å²) in [6.07, 6.45) is 0. The van der Waals surface area contributed by atoms with Crippen molar-refractivity contribution in [1.29, 1.82) is 0 Å². The Bertz CT molecular complexity index is 428. The first-order valence-corrected chi connectivity index (χ1v) is 5.37. The second-order valence-electron chi connectivity index (χ2n) is 3.01. The highest BCUT2D eigenvalue weighted by molar-refractivity contribution is 14.1. The Morgan fingerprint density at radius 3 is 2.60 bits per heavy atom. The number of rotatable bonds is 2. The summed E-state index contributed by atoms with van der Waals surface area (Å²) in [6, 6.07) is 1.70. The number of halogens is 1. The van der Waals surface area contributed by atoms with Crippen molar-refractivity contribution < 1.29 is 19.0 Å². The zero-order chi connectivity index (χ0) is 11.0. The van der Waals surface area contributed by atoms with Crippen LogP contribution in [0.25, 0.3) is 0 Å². The lowest BCUT2D eigenvalue weighted by atomic mass is 10.1. The number of methoxy groups -OCH3 is 2. The van der Waals surface area contributed by atoms with E-state index in [1.165, 1.54) is 7.11 Å². The maximum atomic E-state index is 11.5. The first kappa shape index (κ1) is 10.5. The molecule has 4 nitrogen and oxygen atoms in total. The number of ketones is 1. The SMILES string of the molecule is COc1cc(OC)c2c(c1I)OCC2=O. The Balaban J connectivity index is 2.69. The van der Waals surface area contributed by atoms with Crippen LogP contribution < -0.4 is 14.2 Å². The van der Waals surface area contributed by atoms with E-state index in [9.17, 15) is 4.79 Å². The molecule has 0 fully saturated rings. The van der Waals surface area contributed by atoms with Gasteiger partial charge in [-0.05, 0) is 22.6 Å². The molecule has 0 unspecified atom stereocenters. The Hall–Kier alpha value is -0.980. The van der Waals surface area contributed by atoms with Crippen LogP contribution in [0.15, 0.2) is 6.07 Å². The van der Waals surface area contributed by atoms with Crippen LogP contribution in [0.2, 0.25) is 0 Å². The summed E-state index contributed by atoms with van der Waals surface area (Å²) in [6.45, 7) is 0.0782. The van der Waals surface area contributed by atoms with E-state index in [1.54, 1.807) is 13.2 Å². The number of fused-ring (bicyclic) bond motifs is 1. The van der Waals surface area contributed by atoms with Gasteiger partial charge in [0.05, 0.1) is 17.8 Å². The van der Waals surface area contributed by atoms with E-state index >= 15 is 0 Å². The van der Waals surface area contributed by atoms with Gasteiger partial charge >= 0.3 is 0 Å². The van der Waals surface area contributed by atoms with Crippen molar-refractivity contribution in [2.24, 2.45) is 0 Å². The summed E-state index contributed by atoms with van der Waals surface area (Å²) < 4.78 is 16.4. The monoisotopic (exact) mass is 320 g/mol. The smallest absolute Gasteiger partial charge is 0.207 e. The van der Waals surface area contributed by atoms with Gasteiger partial charge in [0.15, 0.2) is 12.4 Å². The van der Waals surface area contributed by atoms with Crippen molar-refractivity contribution >= 4 is 28.4 Å². The molecule has 2 rings (SSSR count). The third kappa shape index (κ3) is 1.54. The molecule has 15 heavy (non-hydrogen) atoms. The molecule has 0 radical (unpaired) electrons. The van der Waals surface area contributed by atoms with E-state index in [-0.39, 0.29) is 12.4 Å². The number of ether oxygens (including phenoxy) is 3. The summed E-state index contributed by atoms with van der Waals surface area (Å²) in [4.78, 5) is 11.5. The van der Waals surface area contributed by atoms with Crippen molar-refractivity contribution in [2.75, 3.05) is 20.8 Å². The molecular formula is C10H9IO4. The van der Waals surface area contributed by atoms with Crippen LogP contribution in [-0.2, 0) is 0 Å². The Kier molecular flexibility index (Phi) is 2.72. The van der Waals surface area contributed by atoms with Gasteiger partial charge in [-0.15, -0.1) is 0 Å².